The Bertz CT molecular complexity index is 677. The molecule has 1 amide bonds. The van der Waals surface area contributed by atoms with Crippen molar-refractivity contribution in [2.75, 3.05) is 32.7 Å². The van der Waals surface area contributed by atoms with Gasteiger partial charge in [0.2, 0.25) is 15.9 Å². The molecule has 0 saturated carbocycles. The van der Waals surface area contributed by atoms with Gasteiger partial charge in [0.05, 0.1) is 11.4 Å². The fourth-order valence-corrected chi connectivity index (χ4v) is 5.70. The van der Waals surface area contributed by atoms with Crippen LogP contribution in [0, 0.1) is 13.8 Å². The van der Waals surface area contributed by atoms with E-state index in [0.29, 0.717) is 37.6 Å². The van der Waals surface area contributed by atoms with Crippen LogP contribution in [0.25, 0.3) is 0 Å². The Balaban J connectivity index is 1.93. The molecular weight excluding hydrogens is 346 g/mol. The van der Waals surface area contributed by atoms with Crippen LogP contribution in [0.4, 0.5) is 0 Å². The Morgan fingerprint density at radius 1 is 1.29 bits per heavy atom. The second kappa shape index (κ2) is 7.95. The van der Waals surface area contributed by atoms with E-state index in [2.05, 4.69) is 5.32 Å². The van der Waals surface area contributed by atoms with Crippen LogP contribution in [-0.4, -0.2) is 62.3 Å². The second-order valence-electron chi connectivity index (χ2n) is 6.33. The quantitative estimate of drug-likeness (QED) is 0.822. The smallest absolute Gasteiger partial charge is 0.244 e. The molecule has 8 heteroatoms. The highest BCUT2D eigenvalue weighted by molar-refractivity contribution is 7.89. The summed E-state index contributed by atoms with van der Waals surface area (Å²) in [6.45, 7) is 10.1. The summed E-state index contributed by atoms with van der Waals surface area (Å²) in [6, 6.07) is 1.92. The van der Waals surface area contributed by atoms with Crippen molar-refractivity contribution < 1.29 is 13.2 Å². The molecule has 2 heterocycles. The molecule has 0 radical (unpaired) electrons. The molecule has 0 aliphatic carbocycles. The monoisotopic (exact) mass is 373 g/mol. The topological polar surface area (TPSA) is 69.7 Å². The van der Waals surface area contributed by atoms with Gasteiger partial charge >= 0.3 is 0 Å². The average Bonchev–Trinajstić information content (AvgIpc) is 2.87. The zero-order valence-corrected chi connectivity index (χ0v) is 16.5. The van der Waals surface area contributed by atoms with Gasteiger partial charge in [-0.15, -0.1) is 11.3 Å². The number of piperazine rings is 1. The first kappa shape index (κ1) is 19.4. The van der Waals surface area contributed by atoms with Gasteiger partial charge in [0.1, 0.15) is 0 Å². The molecule has 136 valence electrons. The third kappa shape index (κ3) is 4.56. The van der Waals surface area contributed by atoms with Crippen molar-refractivity contribution in [3.05, 3.63) is 15.8 Å². The summed E-state index contributed by atoms with van der Waals surface area (Å²) in [4.78, 5) is 16.2. The normalized spacial score (nSPS) is 18.5. The largest absolute Gasteiger partial charge is 0.353 e. The molecule has 1 aromatic rings. The number of nitrogens with zero attached hydrogens (tertiary/aromatic N) is 2. The number of rotatable bonds is 6. The van der Waals surface area contributed by atoms with Crippen molar-refractivity contribution in [3.8, 4) is 0 Å². The molecular formula is C16H27N3O3S2. The molecule has 24 heavy (non-hydrogen) atoms. The van der Waals surface area contributed by atoms with Gasteiger partial charge in [-0.05, 0) is 33.3 Å². The van der Waals surface area contributed by atoms with Crippen molar-refractivity contribution in [3.63, 3.8) is 0 Å². The third-order valence-electron chi connectivity index (χ3n) is 4.33. The molecule has 1 atom stereocenters. The van der Waals surface area contributed by atoms with Gasteiger partial charge < -0.3 is 5.32 Å². The number of aryl methyl sites for hydroxylation is 2. The number of carbonyl (C=O) groups excluding carboxylic acids is 1. The molecule has 1 fully saturated rings. The number of sulfonamides is 1. The number of thiophene rings is 1. The van der Waals surface area contributed by atoms with Crippen molar-refractivity contribution in [2.45, 2.75) is 45.1 Å². The summed E-state index contributed by atoms with van der Waals surface area (Å²) >= 11 is 1.51. The third-order valence-corrected chi connectivity index (χ3v) is 7.45. The first-order valence-corrected chi connectivity index (χ1v) is 10.6. The molecule has 0 bridgehead atoms. The Labute approximate surface area is 148 Å². The number of hydrogen-bond donors (Lipinski definition) is 1. The van der Waals surface area contributed by atoms with Crippen molar-refractivity contribution in [1.29, 1.82) is 0 Å². The number of nitrogens with one attached hydrogen (secondary N) is 1. The Morgan fingerprint density at radius 2 is 1.92 bits per heavy atom. The van der Waals surface area contributed by atoms with Crippen LogP contribution in [0.15, 0.2) is 11.0 Å². The molecule has 1 aliphatic rings. The number of carbonyl (C=O) groups is 1. The van der Waals surface area contributed by atoms with Crippen LogP contribution in [0.5, 0.6) is 0 Å². The minimum Gasteiger partial charge on any atom is -0.353 e. The average molecular weight is 374 g/mol. The zero-order chi connectivity index (χ0) is 17.9. The van der Waals surface area contributed by atoms with E-state index in [1.165, 1.54) is 15.6 Å². The first-order chi connectivity index (χ1) is 11.2. The lowest BCUT2D eigenvalue weighted by Crippen LogP contribution is -2.51. The molecule has 0 spiro atoms. The second-order valence-corrected chi connectivity index (χ2v) is 9.70. The van der Waals surface area contributed by atoms with Gasteiger partial charge in [-0.1, -0.05) is 6.92 Å². The summed E-state index contributed by atoms with van der Waals surface area (Å²) in [5.74, 6) is 0.00459. The predicted molar refractivity (Wildman–Crippen MR) is 96.9 cm³/mol. The Kier molecular flexibility index (Phi) is 6.41. The first-order valence-electron chi connectivity index (χ1n) is 8.33. The van der Waals surface area contributed by atoms with Crippen molar-refractivity contribution in [2.24, 2.45) is 0 Å². The Hall–Kier alpha value is -0.960. The fraction of sp³-hybridized carbons (Fsp3) is 0.688. The van der Waals surface area contributed by atoms with Crippen LogP contribution in [0.3, 0.4) is 0 Å². The summed E-state index contributed by atoms with van der Waals surface area (Å²) in [7, 11) is -3.43. The minimum absolute atomic E-state index is 0.00459. The summed E-state index contributed by atoms with van der Waals surface area (Å²) in [6.07, 6.45) is 0.900. The zero-order valence-electron chi connectivity index (χ0n) is 14.8. The van der Waals surface area contributed by atoms with E-state index >= 15 is 0 Å². The summed E-state index contributed by atoms with van der Waals surface area (Å²) < 4.78 is 27.1. The highest BCUT2D eigenvalue weighted by Gasteiger charge is 2.31. The molecule has 1 unspecified atom stereocenters. The Morgan fingerprint density at radius 3 is 2.42 bits per heavy atom. The van der Waals surface area contributed by atoms with Gasteiger partial charge in [0, 0.05) is 42.0 Å². The van der Waals surface area contributed by atoms with E-state index in [9.17, 15) is 13.2 Å². The SMILES string of the molecule is CCC(C)NC(=O)CN1CCN(S(=O)(=O)c2cc(C)sc2C)CC1. The van der Waals surface area contributed by atoms with E-state index in [1.807, 2.05) is 32.6 Å². The van der Waals surface area contributed by atoms with E-state index in [1.54, 1.807) is 6.07 Å². The molecule has 1 aliphatic heterocycles. The molecule has 1 N–H and O–H groups in total. The predicted octanol–water partition coefficient (Wildman–Crippen LogP) is 1.59. The van der Waals surface area contributed by atoms with Crippen LogP contribution in [0.2, 0.25) is 0 Å². The highest BCUT2D eigenvalue weighted by atomic mass is 32.2. The highest BCUT2D eigenvalue weighted by Crippen LogP contribution is 2.28. The standard InChI is InChI=1S/C16H27N3O3S2/c1-5-12(2)17-16(20)11-18-6-8-19(9-7-18)24(21,22)15-10-13(3)23-14(15)4/h10,12H,5-9,11H2,1-4H3,(H,17,20). The van der Waals surface area contributed by atoms with Crippen LogP contribution in [0.1, 0.15) is 30.0 Å². The van der Waals surface area contributed by atoms with Gasteiger partial charge in [0.15, 0.2) is 0 Å². The lowest BCUT2D eigenvalue weighted by Gasteiger charge is -2.33. The van der Waals surface area contributed by atoms with E-state index in [4.69, 9.17) is 0 Å². The lowest BCUT2D eigenvalue weighted by molar-refractivity contribution is -0.123. The molecule has 0 aromatic carbocycles. The van der Waals surface area contributed by atoms with Crippen molar-refractivity contribution >= 4 is 27.3 Å². The van der Waals surface area contributed by atoms with E-state index in [-0.39, 0.29) is 11.9 Å². The molecule has 1 saturated heterocycles. The van der Waals surface area contributed by atoms with E-state index in [0.717, 1.165) is 16.2 Å². The van der Waals surface area contributed by atoms with Crippen LogP contribution >= 0.6 is 11.3 Å². The van der Waals surface area contributed by atoms with Gasteiger partial charge in [-0.25, -0.2) is 8.42 Å². The maximum absolute atomic E-state index is 12.8. The molecule has 6 nitrogen and oxygen atoms in total. The number of hydrogen-bond acceptors (Lipinski definition) is 5. The molecule has 2 rings (SSSR count). The maximum Gasteiger partial charge on any atom is 0.244 e. The molecule has 1 aromatic heterocycles. The van der Waals surface area contributed by atoms with E-state index < -0.39 is 10.0 Å². The van der Waals surface area contributed by atoms with Crippen molar-refractivity contribution in [1.82, 2.24) is 14.5 Å². The number of amides is 1. The van der Waals surface area contributed by atoms with Crippen LogP contribution < -0.4 is 5.32 Å². The van der Waals surface area contributed by atoms with Gasteiger partial charge in [0.25, 0.3) is 0 Å². The minimum atomic E-state index is -3.43. The maximum atomic E-state index is 12.8. The lowest BCUT2D eigenvalue weighted by atomic mass is 10.2. The van der Waals surface area contributed by atoms with Gasteiger partial charge in [-0.3, -0.25) is 9.69 Å². The fourth-order valence-electron chi connectivity index (χ4n) is 2.76. The summed E-state index contributed by atoms with van der Waals surface area (Å²) in [5.41, 5.74) is 0. The summed E-state index contributed by atoms with van der Waals surface area (Å²) in [5, 5.41) is 2.94. The van der Waals surface area contributed by atoms with Gasteiger partial charge in [-0.2, -0.15) is 4.31 Å². The van der Waals surface area contributed by atoms with Crippen LogP contribution in [-0.2, 0) is 14.8 Å².